The molecule has 0 aliphatic rings. The van der Waals surface area contributed by atoms with E-state index < -0.39 is 0 Å². The topological polar surface area (TPSA) is 17.1 Å². The average molecular weight is 284 g/mol. The Bertz CT molecular complexity index is 392. The van der Waals surface area contributed by atoms with Crippen molar-refractivity contribution in [1.82, 2.24) is 0 Å². The third-order valence-corrected chi connectivity index (χ3v) is 3.98. The van der Waals surface area contributed by atoms with Gasteiger partial charge in [-0.1, -0.05) is 18.6 Å². The van der Waals surface area contributed by atoms with Crippen molar-refractivity contribution in [3.05, 3.63) is 44.8 Å². The maximum Gasteiger partial charge on any atom is 0.160 e. The van der Waals surface area contributed by atoms with E-state index >= 15 is 0 Å². The van der Waals surface area contributed by atoms with E-state index in [0.29, 0.717) is 6.42 Å². The van der Waals surface area contributed by atoms with Gasteiger partial charge >= 0.3 is 0 Å². The van der Waals surface area contributed by atoms with Crippen LogP contribution < -0.4 is 0 Å². The molecular formula is C14H17FOS2. The molecule has 0 fully saturated rings. The number of alkyl halides is 1. The molecule has 0 aliphatic carbocycles. The monoisotopic (exact) mass is 284 g/mol. The standard InChI is InChI=1S/C10H13FOS.C4H4S/c11-7-3-1-2-4-9-5-6-10(8-12)13-9;1-2-4-5-3-1/h5-6,8H,1-4,7H2;1-4H. The highest BCUT2D eigenvalue weighted by Crippen LogP contribution is 2.17. The lowest BCUT2D eigenvalue weighted by molar-refractivity contribution is 0.112. The Balaban J connectivity index is 0.000000269. The second kappa shape index (κ2) is 9.97. The average Bonchev–Trinajstić information content (AvgIpc) is 3.08. The van der Waals surface area contributed by atoms with Crippen molar-refractivity contribution in [2.24, 2.45) is 0 Å². The summed E-state index contributed by atoms with van der Waals surface area (Å²) in [5, 5.41) is 4.08. The zero-order chi connectivity index (χ0) is 13.1. The van der Waals surface area contributed by atoms with Crippen LogP contribution in [0.25, 0.3) is 0 Å². The van der Waals surface area contributed by atoms with E-state index in [0.717, 1.165) is 30.4 Å². The molecule has 98 valence electrons. The van der Waals surface area contributed by atoms with Crippen molar-refractivity contribution in [2.75, 3.05) is 6.67 Å². The van der Waals surface area contributed by atoms with Gasteiger partial charge in [-0.3, -0.25) is 9.18 Å². The fourth-order valence-electron chi connectivity index (χ4n) is 1.39. The first-order valence-corrected chi connectivity index (χ1v) is 7.69. The summed E-state index contributed by atoms with van der Waals surface area (Å²) in [7, 11) is 0. The van der Waals surface area contributed by atoms with E-state index in [1.165, 1.54) is 16.2 Å². The number of carbonyl (C=O) groups excluding carboxylic acids is 1. The molecule has 0 atom stereocenters. The first-order valence-electron chi connectivity index (χ1n) is 5.94. The molecule has 0 saturated carbocycles. The quantitative estimate of drug-likeness (QED) is 0.539. The van der Waals surface area contributed by atoms with Crippen LogP contribution in [0.4, 0.5) is 4.39 Å². The van der Waals surface area contributed by atoms with E-state index in [4.69, 9.17) is 0 Å². The lowest BCUT2D eigenvalue weighted by Crippen LogP contribution is -1.82. The van der Waals surface area contributed by atoms with Crippen LogP contribution in [-0.4, -0.2) is 13.0 Å². The zero-order valence-electron chi connectivity index (χ0n) is 10.2. The zero-order valence-corrected chi connectivity index (χ0v) is 11.8. The van der Waals surface area contributed by atoms with Crippen LogP contribution in [0.1, 0.15) is 33.8 Å². The van der Waals surface area contributed by atoms with Gasteiger partial charge in [-0.2, -0.15) is 11.3 Å². The highest BCUT2D eigenvalue weighted by molar-refractivity contribution is 7.13. The third-order valence-electron chi connectivity index (χ3n) is 2.28. The second-order valence-electron chi connectivity index (χ2n) is 3.71. The molecule has 2 rings (SSSR count). The molecule has 0 amide bonds. The Labute approximate surface area is 115 Å². The molecule has 0 spiro atoms. The molecule has 4 heteroatoms. The summed E-state index contributed by atoms with van der Waals surface area (Å²) in [5.41, 5.74) is 0. The van der Waals surface area contributed by atoms with Crippen molar-refractivity contribution in [1.29, 1.82) is 0 Å². The minimum atomic E-state index is -0.218. The molecule has 0 N–H and O–H groups in total. The van der Waals surface area contributed by atoms with E-state index in [1.807, 2.05) is 35.0 Å². The Morgan fingerprint density at radius 2 is 1.89 bits per heavy atom. The SMILES string of the molecule is O=Cc1ccc(CCCCCF)s1.c1ccsc1. The van der Waals surface area contributed by atoms with Crippen LogP contribution in [-0.2, 0) is 6.42 Å². The van der Waals surface area contributed by atoms with E-state index in [1.54, 1.807) is 11.3 Å². The maximum absolute atomic E-state index is 11.7. The van der Waals surface area contributed by atoms with Crippen LogP contribution in [0, 0.1) is 0 Å². The van der Waals surface area contributed by atoms with Gasteiger partial charge in [-0.05, 0) is 42.2 Å². The summed E-state index contributed by atoms with van der Waals surface area (Å²) < 4.78 is 11.7. The number of unbranched alkanes of at least 4 members (excludes halogenated alkanes) is 2. The number of rotatable bonds is 6. The molecule has 2 aromatic rings. The highest BCUT2D eigenvalue weighted by Gasteiger charge is 1.98. The number of thiophene rings is 2. The Hall–Kier alpha value is -1.00. The lowest BCUT2D eigenvalue weighted by Gasteiger charge is -1.95. The van der Waals surface area contributed by atoms with Gasteiger partial charge in [-0.25, -0.2) is 0 Å². The first-order chi connectivity index (χ1) is 8.86. The van der Waals surface area contributed by atoms with Crippen molar-refractivity contribution >= 4 is 29.0 Å². The normalized spacial score (nSPS) is 9.61. The van der Waals surface area contributed by atoms with E-state index in [2.05, 4.69) is 0 Å². The van der Waals surface area contributed by atoms with Gasteiger partial charge in [0.25, 0.3) is 0 Å². The molecular weight excluding hydrogens is 267 g/mol. The molecule has 0 bridgehead atoms. The Morgan fingerprint density at radius 3 is 2.39 bits per heavy atom. The van der Waals surface area contributed by atoms with Gasteiger partial charge < -0.3 is 0 Å². The summed E-state index contributed by atoms with van der Waals surface area (Å²) in [6.45, 7) is -0.218. The summed E-state index contributed by atoms with van der Waals surface area (Å²) >= 11 is 3.24. The maximum atomic E-state index is 11.7. The number of aryl methyl sites for hydroxylation is 1. The van der Waals surface area contributed by atoms with Crippen LogP contribution in [0.5, 0.6) is 0 Å². The molecule has 18 heavy (non-hydrogen) atoms. The molecule has 0 aromatic carbocycles. The summed E-state index contributed by atoms with van der Waals surface area (Å²) in [6.07, 6.45) is 4.45. The molecule has 2 heterocycles. The lowest BCUT2D eigenvalue weighted by atomic mass is 10.2. The van der Waals surface area contributed by atoms with Crippen LogP contribution in [0.2, 0.25) is 0 Å². The van der Waals surface area contributed by atoms with Crippen molar-refractivity contribution in [3.8, 4) is 0 Å². The van der Waals surface area contributed by atoms with Crippen molar-refractivity contribution in [2.45, 2.75) is 25.7 Å². The first kappa shape index (κ1) is 15.1. The van der Waals surface area contributed by atoms with E-state index in [-0.39, 0.29) is 6.67 Å². The van der Waals surface area contributed by atoms with Gasteiger partial charge in [0.2, 0.25) is 0 Å². The van der Waals surface area contributed by atoms with Crippen molar-refractivity contribution in [3.63, 3.8) is 0 Å². The Morgan fingerprint density at radius 1 is 1.11 bits per heavy atom. The van der Waals surface area contributed by atoms with E-state index in [9.17, 15) is 9.18 Å². The molecule has 2 aromatic heterocycles. The minimum absolute atomic E-state index is 0.218. The fourth-order valence-corrected chi connectivity index (χ4v) is 2.71. The summed E-state index contributed by atoms with van der Waals surface area (Å²) in [6, 6.07) is 7.85. The predicted octanol–water partition coefficient (Wildman–Crippen LogP) is 4.99. The van der Waals surface area contributed by atoms with Crippen molar-refractivity contribution < 1.29 is 9.18 Å². The highest BCUT2D eigenvalue weighted by atomic mass is 32.1. The van der Waals surface area contributed by atoms with Gasteiger partial charge in [0.05, 0.1) is 11.6 Å². The Kier molecular flexibility index (Phi) is 8.34. The molecule has 1 nitrogen and oxygen atoms in total. The second-order valence-corrected chi connectivity index (χ2v) is 5.73. The number of halogens is 1. The number of carbonyl (C=O) groups is 1. The van der Waals surface area contributed by atoms with Crippen LogP contribution in [0.3, 0.4) is 0 Å². The number of hydrogen-bond acceptors (Lipinski definition) is 3. The van der Waals surface area contributed by atoms with Crippen LogP contribution in [0.15, 0.2) is 35.0 Å². The minimum Gasteiger partial charge on any atom is -0.297 e. The van der Waals surface area contributed by atoms with Gasteiger partial charge in [-0.15, -0.1) is 11.3 Å². The van der Waals surface area contributed by atoms with Gasteiger partial charge in [0.1, 0.15) is 0 Å². The number of hydrogen-bond donors (Lipinski definition) is 0. The summed E-state index contributed by atoms with van der Waals surface area (Å²) in [5.74, 6) is 0. The third kappa shape index (κ3) is 6.67. The smallest absolute Gasteiger partial charge is 0.160 e. The fraction of sp³-hybridized carbons (Fsp3) is 0.357. The van der Waals surface area contributed by atoms with Gasteiger partial charge in [0.15, 0.2) is 6.29 Å². The summed E-state index contributed by atoms with van der Waals surface area (Å²) in [4.78, 5) is 12.4. The number of aldehydes is 1. The molecule has 0 unspecified atom stereocenters. The molecule has 0 aliphatic heterocycles. The molecule has 0 saturated heterocycles. The largest absolute Gasteiger partial charge is 0.297 e. The van der Waals surface area contributed by atoms with Gasteiger partial charge in [0, 0.05) is 4.88 Å². The predicted molar refractivity (Wildman–Crippen MR) is 77.6 cm³/mol. The van der Waals surface area contributed by atoms with Crippen LogP contribution >= 0.6 is 22.7 Å². The molecule has 0 radical (unpaired) electrons.